The van der Waals surface area contributed by atoms with E-state index in [0.29, 0.717) is 18.8 Å². The van der Waals surface area contributed by atoms with E-state index in [1.54, 1.807) is 24.6 Å². The normalized spacial score (nSPS) is 16.8. The van der Waals surface area contributed by atoms with Crippen LogP contribution in [0.5, 0.6) is 0 Å². The number of carbonyl (C=O) groups is 1. The monoisotopic (exact) mass is 443 g/mol. The van der Waals surface area contributed by atoms with E-state index in [9.17, 15) is 4.79 Å². The first-order valence-corrected chi connectivity index (χ1v) is 11.2. The fourth-order valence-corrected chi connectivity index (χ4v) is 5.29. The number of β-amino-alcohol motifs (C(OH)–C–C–N with tert-alkyl or cyclic N) is 1. The number of aryl methyl sites for hydroxylation is 2. The van der Waals surface area contributed by atoms with Crippen molar-refractivity contribution in [3.05, 3.63) is 35.0 Å². The van der Waals surface area contributed by atoms with E-state index in [1.165, 1.54) is 40.0 Å². The van der Waals surface area contributed by atoms with Crippen molar-refractivity contribution in [3.8, 4) is 0 Å². The third-order valence-corrected chi connectivity index (χ3v) is 6.87. The largest absolute Gasteiger partial charge is 0.398 e. The number of hydrogen-bond acceptors (Lipinski definition) is 8. The number of thiophene rings is 1. The van der Waals surface area contributed by atoms with Gasteiger partial charge in [-0.15, -0.1) is 24.0 Å². The topological polar surface area (TPSA) is 104 Å². The van der Waals surface area contributed by atoms with Crippen LogP contribution in [0.2, 0.25) is 0 Å². The summed E-state index contributed by atoms with van der Waals surface area (Å²) in [6.07, 6.45) is 7.19. The fourth-order valence-electron chi connectivity index (χ4n) is 3.85. The molecule has 158 valence electrons. The van der Waals surface area contributed by atoms with E-state index in [0.717, 1.165) is 34.1 Å². The number of benzene rings is 1. The zero-order chi connectivity index (χ0) is 21.3. The summed E-state index contributed by atoms with van der Waals surface area (Å²) in [5.74, 6) is 0.877. The Kier molecular flexibility index (Phi) is 5.86. The van der Waals surface area contributed by atoms with E-state index in [2.05, 4.69) is 27.9 Å². The lowest BCUT2D eigenvalue weighted by molar-refractivity contribution is -0.138. The van der Waals surface area contributed by atoms with Crippen LogP contribution in [0.15, 0.2) is 29.4 Å². The molecule has 30 heavy (non-hydrogen) atoms. The van der Waals surface area contributed by atoms with Crippen LogP contribution in [0.1, 0.15) is 30.2 Å². The minimum absolute atomic E-state index is 0.483. The van der Waals surface area contributed by atoms with Gasteiger partial charge in [0.1, 0.15) is 17.0 Å². The molecular weight excluding hydrogens is 418 g/mol. The molecule has 1 saturated heterocycles. The number of nitrogens with one attached hydrogen (secondary N) is 1. The molecule has 3 heterocycles. The zero-order valence-electron chi connectivity index (χ0n) is 16.8. The van der Waals surface area contributed by atoms with Gasteiger partial charge in [-0.25, -0.2) is 9.97 Å². The highest BCUT2D eigenvalue weighted by molar-refractivity contribution is 7.80. The van der Waals surface area contributed by atoms with Crippen LogP contribution < -0.4 is 11.1 Å². The molecule has 3 aromatic rings. The van der Waals surface area contributed by atoms with Crippen LogP contribution in [0.25, 0.3) is 10.2 Å². The molecule has 1 amide bonds. The van der Waals surface area contributed by atoms with Crippen molar-refractivity contribution >= 4 is 57.8 Å². The summed E-state index contributed by atoms with van der Waals surface area (Å²) in [7, 11) is 0. The summed E-state index contributed by atoms with van der Waals surface area (Å²) < 4.78 is 0. The van der Waals surface area contributed by atoms with Crippen molar-refractivity contribution in [2.24, 2.45) is 0 Å². The Morgan fingerprint density at radius 3 is 2.73 bits per heavy atom. The second kappa shape index (κ2) is 8.41. The molecule has 7 nitrogen and oxygen atoms in total. The second-order valence-corrected chi connectivity index (χ2v) is 9.58. The number of aliphatic hydroxyl groups is 1. The average molecular weight is 444 g/mol. The van der Waals surface area contributed by atoms with Crippen molar-refractivity contribution in [1.29, 1.82) is 0 Å². The number of aromatic nitrogens is 2. The molecular formula is C21H25N5O2S2. The van der Waals surface area contributed by atoms with E-state index in [-0.39, 0.29) is 0 Å². The highest BCUT2D eigenvalue weighted by atomic mass is 32.1. The molecule has 0 bridgehead atoms. The Bertz CT molecular complexity index is 1070. The minimum atomic E-state index is -0.610. The molecule has 5 rings (SSSR count). The Hall–Kier alpha value is -2.36. The van der Waals surface area contributed by atoms with Gasteiger partial charge in [0.2, 0.25) is 6.41 Å². The lowest BCUT2D eigenvalue weighted by Gasteiger charge is -2.41. The van der Waals surface area contributed by atoms with Crippen molar-refractivity contribution in [1.82, 2.24) is 14.9 Å². The van der Waals surface area contributed by atoms with E-state index in [1.807, 2.05) is 18.2 Å². The number of nitrogen functional groups attached to an aromatic ring is 1. The van der Waals surface area contributed by atoms with Gasteiger partial charge in [-0.1, -0.05) is 0 Å². The number of fused-ring (bicyclic) bond motifs is 3. The van der Waals surface area contributed by atoms with Gasteiger partial charge in [0.05, 0.1) is 24.1 Å². The molecule has 2 aromatic heterocycles. The van der Waals surface area contributed by atoms with Crippen LogP contribution in [0.3, 0.4) is 0 Å². The number of hydrogen-bond donors (Lipinski definition) is 4. The van der Waals surface area contributed by atoms with E-state index < -0.39 is 5.60 Å². The highest BCUT2D eigenvalue weighted by Crippen LogP contribution is 2.39. The highest BCUT2D eigenvalue weighted by Gasteiger charge is 2.35. The molecule has 1 fully saturated rings. The smallest absolute Gasteiger partial charge is 0.209 e. The number of thiol groups is 1. The van der Waals surface area contributed by atoms with Crippen molar-refractivity contribution in [2.75, 3.05) is 24.1 Å². The maximum Gasteiger partial charge on any atom is 0.209 e. The van der Waals surface area contributed by atoms with Gasteiger partial charge in [-0.05, 0) is 56.4 Å². The Morgan fingerprint density at radius 1 is 1.30 bits per heavy atom. The molecule has 1 aliphatic carbocycles. The van der Waals surface area contributed by atoms with Crippen molar-refractivity contribution in [3.63, 3.8) is 0 Å². The van der Waals surface area contributed by atoms with Gasteiger partial charge in [-0.2, -0.15) is 0 Å². The predicted octanol–water partition coefficient (Wildman–Crippen LogP) is 3.39. The van der Waals surface area contributed by atoms with Crippen molar-refractivity contribution in [2.45, 2.75) is 43.1 Å². The molecule has 0 saturated carbocycles. The SMILES string of the molecule is CC1(O)CN(C=O)C1.Nc1ccc(Nc2ncnc3sc4c(c23)CCCC4)cc1S. The Morgan fingerprint density at radius 2 is 2.07 bits per heavy atom. The fraction of sp³-hybridized carbons (Fsp3) is 0.381. The molecule has 0 atom stereocenters. The van der Waals surface area contributed by atoms with Gasteiger partial charge in [-0.3, -0.25) is 4.79 Å². The number of nitrogens with zero attached hydrogens (tertiary/aromatic N) is 3. The first-order valence-electron chi connectivity index (χ1n) is 9.89. The quantitative estimate of drug-likeness (QED) is 0.281. The summed E-state index contributed by atoms with van der Waals surface area (Å²) >= 11 is 6.18. The van der Waals surface area contributed by atoms with Crippen LogP contribution in [0, 0.1) is 0 Å². The number of carbonyl (C=O) groups excluding carboxylic acids is 1. The number of likely N-dealkylation sites (tertiary alicyclic amines) is 1. The van der Waals surface area contributed by atoms with Gasteiger partial charge in [0.15, 0.2) is 0 Å². The van der Waals surface area contributed by atoms with Crippen LogP contribution in [-0.2, 0) is 17.6 Å². The first kappa shape index (κ1) is 20.9. The van der Waals surface area contributed by atoms with E-state index >= 15 is 0 Å². The minimum Gasteiger partial charge on any atom is -0.398 e. The molecule has 0 spiro atoms. The lowest BCUT2D eigenvalue weighted by atomic mass is 9.97. The summed E-state index contributed by atoms with van der Waals surface area (Å²) in [4.78, 5) is 23.6. The maximum atomic E-state index is 9.89. The molecule has 0 radical (unpaired) electrons. The van der Waals surface area contributed by atoms with Gasteiger partial charge in [0, 0.05) is 21.1 Å². The predicted molar refractivity (Wildman–Crippen MR) is 124 cm³/mol. The summed E-state index contributed by atoms with van der Waals surface area (Å²) in [5.41, 5.74) is 8.25. The Labute approximate surface area is 184 Å². The van der Waals surface area contributed by atoms with Gasteiger partial charge < -0.3 is 21.1 Å². The van der Waals surface area contributed by atoms with Crippen molar-refractivity contribution < 1.29 is 9.90 Å². The third-order valence-electron chi connectivity index (χ3n) is 5.28. The average Bonchev–Trinajstić information content (AvgIpc) is 3.09. The molecule has 1 aromatic carbocycles. The molecule has 1 aliphatic heterocycles. The molecule has 9 heteroatoms. The summed E-state index contributed by atoms with van der Waals surface area (Å²) in [6.45, 7) is 2.68. The van der Waals surface area contributed by atoms with E-state index in [4.69, 9.17) is 10.8 Å². The molecule has 0 unspecified atom stereocenters. The molecule has 2 aliphatic rings. The Balaban J connectivity index is 0.000000230. The first-order chi connectivity index (χ1) is 14.4. The van der Waals surface area contributed by atoms with Crippen LogP contribution >= 0.6 is 24.0 Å². The van der Waals surface area contributed by atoms with Crippen LogP contribution in [-0.4, -0.2) is 45.1 Å². The standard InChI is InChI=1S/C16H16N4S2.C5H9NO2/c17-11-6-5-9(7-12(11)21)20-15-14-10-3-1-2-4-13(10)22-16(14)19-8-18-15;1-5(8)2-6(3-5)4-7/h5-8,21H,1-4,17H2,(H,18,19,20);4,8H,2-3H2,1H3. The summed E-state index contributed by atoms with van der Waals surface area (Å²) in [6, 6.07) is 5.72. The van der Waals surface area contributed by atoms with Crippen LogP contribution in [0.4, 0.5) is 17.2 Å². The van der Waals surface area contributed by atoms with Gasteiger partial charge in [0.25, 0.3) is 0 Å². The maximum absolute atomic E-state index is 9.89. The number of rotatable bonds is 3. The number of nitrogens with two attached hydrogens (primary N) is 1. The van der Waals surface area contributed by atoms with Gasteiger partial charge >= 0.3 is 0 Å². The second-order valence-electron chi connectivity index (χ2n) is 8.02. The number of amides is 1. The lowest BCUT2D eigenvalue weighted by Crippen LogP contribution is -2.58. The molecule has 4 N–H and O–H groups in total. The summed E-state index contributed by atoms with van der Waals surface area (Å²) in [5, 5.41) is 13.6. The zero-order valence-corrected chi connectivity index (χ0v) is 18.5. The number of anilines is 3. The third kappa shape index (κ3) is 4.38.